The maximum absolute atomic E-state index is 12.8. The highest BCUT2D eigenvalue weighted by Gasteiger charge is 2.06. The molecule has 0 saturated carbocycles. The van der Waals surface area contributed by atoms with E-state index in [4.69, 9.17) is 0 Å². The van der Waals surface area contributed by atoms with E-state index in [0.29, 0.717) is 14.7 Å². The molecule has 0 bridgehead atoms. The fraction of sp³-hybridized carbons (Fsp3) is 0.0667. The number of rotatable bonds is 4. The number of halogens is 3. The van der Waals surface area contributed by atoms with Crippen LogP contribution in [-0.4, -0.2) is 17.2 Å². The molecule has 7 heteroatoms. The van der Waals surface area contributed by atoms with Crippen molar-refractivity contribution in [2.75, 3.05) is 0 Å². The maximum Gasteiger partial charge on any atom is 0.244 e. The molecule has 0 aromatic heterocycles. The minimum atomic E-state index is -0.345. The molecule has 0 heterocycles. The summed E-state index contributed by atoms with van der Waals surface area (Å²) in [5, 5.41) is 13.7. The Hall–Kier alpha value is -1.48. The summed E-state index contributed by atoms with van der Waals surface area (Å²) >= 11 is 5.32. The van der Waals surface area contributed by atoms with Crippen molar-refractivity contribution in [1.29, 1.82) is 0 Å². The van der Waals surface area contributed by atoms with Gasteiger partial charge in [0, 0.05) is 10.0 Å². The van der Waals surface area contributed by atoms with Crippen LogP contribution in [0.4, 0.5) is 4.39 Å². The second-order valence-electron chi connectivity index (χ2n) is 4.42. The molecule has 1 amide bonds. The monoisotopic (exact) mass is 476 g/mol. The standard InChI is InChI=1S/C15H11BrFIN2O2/c16-11-6-10(15(22)13(18)7-11)8-19-20-14(21)5-9-1-3-12(17)4-2-9/h1-4,6-8,22H,5H2,(H,20,21)/b19-8-. The fourth-order valence-electron chi connectivity index (χ4n) is 1.69. The summed E-state index contributed by atoms with van der Waals surface area (Å²) in [5.74, 6) is -0.575. The fourth-order valence-corrected chi connectivity index (χ4v) is 3.24. The number of nitrogens with zero attached hydrogens (tertiary/aromatic N) is 1. The molecule has 0 aliphatic rings. The molecule has 4 nitrogen and oxygen atoms in total. The zero-order chi connectivity index (χ0) is 16.1. The summed E-state index contributed by atoms with van der Waals surface area (Å²) in [6, 6.07) is 9.14. The second-order valence-corrected chi connectivity index (χ2v) is 6.50. The second kappa shape index (κ2) is 7.68. The van der Waals surface area contributed by atoms with E-state index in [-0.39, 0.29) is 23.9 Å². The SMILES string of the molecule is O=C(Cc1ccc(F)cc1)N/N=C\c1cc(Br)cc(I)c1O. The highest BCUT2D eigenvalue weighted by atomic mass is 127. The van der Waals surface area contributed by atoms with Crippen LogP contribution in [0.2, 0.25) is 0 Å². The zero-order valence-corrected chi connectivity index (χ0v) is 14.9. The molecule has 0 fully saturated rings. The Bertz CT molecular complexity index is 720. The Morgan fingerprint density at radius 2 is 2.05 bits per heavy atom. The predicted octanol–water partition coefficient (Wildman–Crippen LogP) is 3.59. The number of phenolic OH excluding ortho intramolecular Hbond substituents is 1. The van der Waals surface area contributed by atoms with Crippen LogP contribution in [0.5, 0.6) is 5.75 Å². The highest BCUT2D eigenvalue weighted by Crippen LogP contribution is 2.27. The van der Waals surface area contributed by atoms with Crippen molar-refractivity contribution in [2.45, 2.75) is 6.42 Å². The van der Waals surface area contributed by atoms with E-state index in [9.17, 15) is 14.3 Å². The quantitative estimate of drug-likeness (QED) is 0.402. The Labute approximate surface area is 148 Å². The predicted molar refractivity (Wildman–Crippen MR) is 94.4 cm³/mol. The molecule has 2 N–H and O–H groups in total. The Kier molecular flexibility index (Phi) is 5.90. The van der Waals surface area contributed by atoms with Gasteiger partial charge in [-0.1, -0.05) is 28.1 Å². The van der Waals surface area contributed by atoms with Gasteiger partial charge in [-0.2, -0.15) is 5.10 Å². The van der Waals surface area contributed by atoms with Crippen LogP contribution in [0.1, 0.15) is 11.1 Å². The van der Waals surface area contributed by atoms with Gasteiger partial charge in [-0.05, 0) is 52.4 Å². The highest BCUT2D eigenvalue weighted by molar-refractivity contribution is 14.1. The average molecular weight is 477 g/mol. The normalized spacial score (nSPS) is 10.9. The minimum absolute atomic E-state index is 0.0968. The van der Waals surface area contributed by atoms with E-state index in [2.05, 4.69) is 26.5 Å². The van der Waals surface area contributed by atoms with Crippen LogP contribution in [0.15, 0.2) is 46.0 Å². The molecule has 0 unspecified atom stereocenters. The summed E-state index contributed by atoms with van der Waals surface area (Å²) < 4.78 is 14.2. The Morgan fingerprint density at radius 1 is 1.36 bits per heavy atom. The van der Waals surface area contributed by atoms with Gasteiger partial charge in [-0.25, -0.2) is 9.82 Å². The van der Waals surface area contributed by atoms with Crippen LogP contribution in [0.3, 0.4) is 0 Å². The molecule has 0 aliphatic heterocycles. The van der Waals surface area contributed by atoms with Gasteiger partial charge < -0.3 is 5.11 Å². The number of phenols is 1. The Balaban J connectivity index is 1.97. The molecule has 2 aromatic rings. The lowest BCUT2D eigenvalue weighted by Crippen LogP contribution is -2.19. The van der Waals surface area contributed by atoms with Gasteiger partial charge >= 0.3 is 0 Å². The summed E-state index contributed by atoms with van der Waals surface area (Å²) in [6.07, 6.45) is 1.46. The van der Waals surface area contributed by atoms with Crippen LogP contribution in [0.25, 0.3) is 0 Å². The topological polar surface area (TPSA) is 61.7 Å². The molecule has 0 aliphatic carbocycles. The van der Waals surface area contributed by atoms with Crippen molar-refractivity contribution in [2.24, 2.45) is 5.10 Å². The summed E-state index contributed by atoms with van der Waals surface area (Å²) in [4.78, 5) is 11.7. The first kappa shape index (κ1) is 16.9. The first-order valence-electron chi connectivity index (χ1n) is 6.20. The molecular formula is C15H11BrFIN2O2. The molecule has 2 rings (SSSR count). The number of carbonyl (C=O) groups is 1. The number of hydrogen-bond donors (Lipinski definition) is 2. The molecule has 0 saturated heterocycles. The largest absolute Gasteiger partial charge is 0.506 e. The third-order valence-corrected chi connectivity index (χ3v) is 4.01. The van der Waals surface area contributed by atoms with Crippen molar-refractivity contribution >= 4 is 50.6 Å². The molecule has 22 heavy (non-hydrogen) atoms. The van der Waals surface area contributed by atoms with E-state index in [1.54, 1.807) is 24.3 Å². The van der Waals surface area contributed by atoms with Crippen LogP contribution >= 0.6 is 38.5 Å². The van der Waals surface area contributed by atoms with E-state index in [1.807, 2.05) is 22.6 Å². The smallest absolute Gasteiger partial charge is 0.244 e. The van der Waals surface area contributed by atoms with Crippen molar-refractivity contribution in [3.05, 3.63) is 61.4 Å². The van der Waals surface area contributed by atoms with E-state index in [0.717, 1.165) is 4.47 Å². The lowest BCUT2D eigenvalue weighted by atomic mass is 10.1. The van der Waals surface area contributed by atoms with Crippen molar-refractivity contribution in [3.8, 4) is 5.75 Å². The molecule has 0 radical (unpaired) electrons. The van der Waals surface area contributed by atoms with E-state index >= 15 is 0 Å². The third-order valence-electron chi connectivity index (χ3n) is 2.73. The van der Waals surface area contributed by atoms with Crippen LogP contribution in [-0.2, 0) is 11.2 Å². The molecule has 0 spiro atoms. The van der Waals surface area contributed by atoms with Gasteiger partial charge in [-0.3, -0.25) is 4.79 Å². The van der Waals surface area contributed by atoms with Crippen molar-refractivity contribution in [1.82, 2.24) is 5.43 Å². The van der Waals surface area contributed by atoms with Gasteiger partial charge in [-0.15, -0.1) is 0 Å². The van der Waals surface area contributed by atoms with Gasteiger partial charge in [0.1, 0.15) is 11.6 Å². The number of carbonyl (C=O) groups excluding carboxylic acids is 1. The van der Waals surface area contributed by atoms with Crippen molar-refractivity contribution < 1.29 is 14.3 Å². The number of benzene rings is 2. The number of amides is 1. The lowest BCUT2D eigenvalue weighted by molar-refractivity contribution is -0.120. The van der Waals surface area contributed by atoms with E-state index < -0.39 is 0 Å². The van der Waals surface area contributed by atoms with Gasteiger partial charge in [0.05, 0.1) is 16.2 Å². The molecular weight excluding hydrogens is 466 g/mol. The summed E-state index contributed by atoms with van der Waals surface area (Å²) in [7, 11) is 0. The zero-order valence-electron chi connectivity index (χ0n) is 11.2. The summed E-state index contributed by atoms with van der Waals surface area (Å²) in [5.41, 5.74) is 3.54. The number of hydrogen-bond acceptors (Lipinski definition) is 3. The van der Waals surface area contributed by atoms with Crippen LogP contribution < -0.4 is 5.43 Å². The third kappa shape index (κ3) is 4.77. The van der Waals surface area contributed by atoms with Gasteiger partial charge in [0.15, 0.2) is 0 Å². The molecule has 2 aromatic carbocycles. The van der Waals surface area contributed by atoms with E-state index in [1.165, 1.54) is 18.3 Å². The minimum Gasteiger partial charge on any atom is -0.506 e. The van der Waals surface area contributed by atoms with Gasteiger partial charge in [0.25, 0.3) is 0 Å². The number of aromatic hydroxyl groups is 1. The number of hydrazone groups is 1. The van der Waals surface area contributed by atoms with Crippen molar-refractivity contribution in [3.63, 3.8) is 0 Å². The first-order chi connectivity index (χ1) is 10.5. The van der Waals surface area contributed by atoms with Gasteiger partial charge in [0.2, 0.25) is 5.91 Å². The average Bonchev–Trinajstić information content (AvgIpc) is 2.46. The lowest BCUT2D eigenvalue weighted by Gasteiger charge is -2.03. The first-order valence-corrected chi connectivity index (χ1v) is 8.07. The molecule has 0 atom stereocenters. The molecule has 114 valence electrons. The summed E-state index contributed by atoms with van der Waals surface area (Å²) in [6.45, 7) is 0. The van der Waals surface area contributed by atoms with Crippen LogP contribution in [0, 0.1) is 9.39 Å². The number of nitrogens with one attached hydrogen (secondary N) is 1. The Morgan fingerprint density at radius 3 is 2.73 bits per heavy atom. The maximum atomic E-state index is 12.8.